The van der Waals surface area contributed by atoms with E-state index in [9.17, 15) is 4.79 Å². The van der Waals surface area contributed by atoms with Crippen LogP contribution in [0.2, 0.25) is 5.02 Å². The van der Waals surface area contributed by atoms with Crippen LogP contribution in [0.1, 0.15) is 35.9 Å². The van der Waals surface area contributed by atoms with Gasteiger partial charge >= 0.3 is 5.91 Å². The van der Waals surface area contributed by atoms with Gasteiger partial charge in [0.15, 0.2) is 10.9 Å². The lowest BCUT2D eigenvalue weighted by Crippen LogP contribution is -2.43. The quantitative estimate of drug-likeness (QED) is 0.443. The largest absolute Gasteiger partial charge is 0.451 e. The second-order valence-electron chi connectivity index (χ2n) is 6.10. The van der Waals surface area contributed by atoms with Gasteiger partial charge in [-0.15, -0.1) is 0 Å². The molecule has 0 saturated heterocycles. The summed E-state index contributed by atoms with van der Waals surface area (Å²) in [5.74, 6) is 0.197. The highest BCUT2D eigenvalue weighted by Crippen LogP contribution is 2.23. The van der Waals surface area contributed by atoms with Gasteiger partial charge in [0.1, 0.15) is 5.58 Å². The Labute approximate surface area is 161 Å². The van der Waals surface area contributed by atoms with Crippen molar-refractivity contribution in [2.75, 3.05) is 5.32 Å². The van der Waals surface area contributed by atoms with Crippen LogP contribution in [0.15, 0.2) is 52.9 Å². The number of fused-ring (bicyclic) bond motifs is 1. The van der Waals surface area contributed by atoms with Gasteiger partial charge in [-0.2, -0.15) is 0 Å². The number of nitrogens with one attached hydrogen (secondary N) is 3. The highest BCUT2D eigenvalue weighted by molar-refractivity contribution is 7.80. The number of amides is 1. The van der Waals surface area contributed by atoms with E-state index in [-0.39, 0.29) is 10.9 Å². The molecular formula is C19H18ClN3O2S. The van der Waals surface area contributed by atoms with E-state index in [0.717, 1.165) is 11.1 Å². The van der Waals surface area contributed by atoms with Crippen molar-refractivity contribution < 1.29 is 9.21 Å². The van der Waals surface area contributed by atoms with Gasteiger partial charge in [0.05, 0.1) is 0 Å². The summed E-state index contributed by atoms with van der Waals surface area (Å²) < 4.78 is 5.50. The van der Waals surface area contributed by atoms with Crippen molar-refractivity contribution in [3.05, 3.63) is 64.9 Å². The van der Waals surface area contributed by atoms with Crippen molar-refractivity contribution in [3.8, 4) is 0 Å². The van der Waals surface area contributed by atoms with Crippen LogP contribution in [0.25, 0.3) is 11.0 Å². The molecule has 0 spiro atoms. The fourth-order valence-corrected chi connectivity index (χ4v) is 2.76. The number of rotatable bonds is 3. The number of hydrazine groups is 1. The molecule has 3 rings (SSSR count). The highest BCUT2D eigenvalue weighted by atomic mass is 35.5. The molecule has 7 heteroatoms. The van der Waals surface area contributed by atoms with Crippen LogP contribution >= 0.6 is 23.8 Å². The van der Waals surface area contributed by atoms with E-state index < -0.39 is 5.91 Å². The van der Waals surface area contributed by atoms with Crippen LogP contribution in [0, 0.1) is 0 Å². The van der Waals surface area contributed by atoms with Crippen LogP contribution in [0.4, 0.5) is 5.69 Å². The Morgan fingerprint density at radius 3 is 2.50 bits per heavy atom. The third-order valence-electron chi connectivity index (χ3n) is 3.83. The molecule has 3 aromatic rings. The smallest absolute Gasteiger partial charge is 0.305 e. The summed E-state index contributed by atoms with van der Waals surface area (Å²) in [6.07, 6.45) is 0. The first-order chi connectivity index (χ1) is 12.4. The van der Waals surface area contributed by atoms with E-state index in [1.807, 2.05) is 24.3 Å². The lowest BCUT2D eigenvalue weighted by atomic mass is 10.0. The van der Waals surface area contributed by atoms with Crippen molar-refractivity contribution >= 4 is 51.5 Å². The summed E-state index contributed by atoms with van der Waals surface area (Å²) >= 11 is 11.1. The summed E-state index contributed by atoms with van der Waals surface area (Å²) in [5.41, 5.74) is 7.83. The molecule has 3 N–H and O–H groups in total. The normalized spacial score (nSPS) is 10.8. The van der Waals surface area contributed by atoms with Crippen LogP contribution < -0.4 is 16.2 Å². The summed E-state index contributed by atoms with van der Waals surface area (Å²) in [4.78, 5) is 12.2. The monoisotopic (exact) mass is 387 g/mol. The van der Waals surface area contributed by atoms with E-state index in [2.05, 4.69) is 30.0 Å². The molecule has 0 radical (unpaired) electrons. The van der Waals surface area contributed by atoms with Gasteiger partial charge < -0.3 is 9.73 Å². The fourth-order valence-electron chi connectivity index (χ4n) is 2.41. The molecule has 1 heterocycles. The van der Waals surface area contributed by atoms with Gasteiger partial charge in [0.2, 0.25) is 0 Å². The number of benzene rings is 2. The zero-order valence-corrected chi connectivity index (χ0v) is 15.9. The van der Waals surface area contributed by atoms with Gasteiger partial charge in [-0.1, -0.05) is 37.6 Å². The Balaban J connectivity index is 1.57. The van der Waals surface area contributed by atoms with E-state index in [4.69, 9.17) is 28.2 Å². The third kappa shape index (κ3) is 4.33. The number of furan rings is 1. The number of hydrogen-bond donors (Lipinski definition) is 3. The second kappa shape index (κ2) is 7.76. The molecule has 2 aromatic carbocycles. The number of carbonyl (C=O) groups excluding carboxylic acids is 1. The molecular weight excluding hydrogens is 370 g/mol. The van der Waals surface area contributed by atoms with Crippen LogP contribution in [-0.2, 0) is 0 Å². The zero-order chi connectivity index (χ0) is 18.7. The molecule has 5 nitrogen and oxygen atoms in total. The Morgan fingerprint density at radius 2 is 1.81 bits per heavy atom. The zero-order valence-electron chi connectivity index (χ0n) is 14.3. The first-order valence-corrected chi connectivity index (χ1v) is 8.87. The van der Waals surface area contributed by atoms with Gasteiger partial charge in [-0.25, -0.2) is 0 Å². The Morgan fingerprint density at radius 1 is 1.08 bits per heavy atom. The maximum absolute atomic E-state index is 12.2. The molecule has 134 valence electrons. The molecule has 0 aliphatic carbocycles. The van der Waals surface area contributed by atoms with Crippen molar-refractivity contribution in [1.29, 1.82) is 0 Å². The molecule has 0 aliphatic rings. The minimum absolute atomic E-state index is 0.166. The van der Waals surface area contributed by atoms with Crippen molar-refractivity contribution in [1.82, 2.24) is 10.9 Å². The Bertz CT molecular complexity index is 951. The average molecular weight is 388 g/mol. The molecule has 1 amide bonds. The number of halogens is 1. The van der Waals surface area contributed by atoms with Gasteiger partial charge in [0.25, 0.3) is 0 Å². The standard InChI is InChI=1S/C19H18ClN3O2S/c1-11(2)12-3-6-15(7-4-12)21-19(26)23-22-18(24)17-10-13-9-14(20)5-8-16(13)25-17/h3-11H,1-2H3,(H,22,24)(H2,21,23,26). The van der Waals surface area contributed by atoms with E-state index >= 15 is 0 Å². The fraction of sp³-hybridized carbons (Fsp3) is 0.158. The number of anilines is 1. The SMILES string of the molecule is CC(C)c1ccc(NC(=S)NNC(=O)c2cc3cc(Cl)ccc3o2)cc1. The summed E-state index contributed by atoms with van der Waals surface area (Å²) in [6.45, 7) is 4.27. The average Bonchev–Trinajstić information content (AvgIpc) is 3.03. The predicted molar refractivity (Wildman–Crippen MR) is 109 cm³/mol. The number of thiocarbonyl (C=S) groups is 1. The Kier molecular flexibility index (Phi) is 5.44. The van der Waals surface area contributed by atoms with Crippen molar-refractivity contribution in [2.45, 2.75) is 19.8 Å². The topological polar surface area (TPSA) is 66.3 Å². The van der Waals surface area contributed by atoms with Crippen molar-refractivity contribution in [2.24, 2.45) is 0 Å². The predicted octanol–water partition coefficient (Wildman–Crippen LogP) is 4.84. The Hall–Kier alpha value is -2.57. The summed E-state index contributed by atoms with van der Waals surface area (Å²) in [6, 6.07) is 14.7. The first kappa shape index (κ1) is 18.2. The number of hydrogen-bond acceptors (Lipinski definition) is 3. The minimum atomic E-state index is -0.434. The molecule has 0 fully saturated rings. The van der Waals surface area contributed by atoms with Gasteiger partial charge in [0, 0.05) is 16.1 Å². The third-order valence-corrected chi connectivity index (χ3v) is 4.27. The number of carbonyl (C=O) groups is 1. The van der Waals surface area contributed by atoms with Gasteiger partial charge in [-0.3, -0.25) is 15.6 Å². The van der Waals surface area contributed by atoms with Crippen molar-refractivity contribution in [3.63, 3.8) is 0 Å². The lowest BCUT2D eigenvalue weighted by molar-refractivity contribution is 0.0918. The summed E-state index contributed by atoms with van der Waals surface area (Å²) in [5, 5.41) is 4.62. The molecule has 0 unspecified atom stereocenters. The molecule has 26 heavy (non-hydrogen) atoms. The van der Waals surface area contributed by atoms with Gasteiger partial charge in [-0.05, 0) is 60.1 Å². The lowest BCUT2D eigenvalue weighted by Gasteiger charge is -2.12. The maximum Gasteiger partial charge on any atom is 0.305 e. The molecule has 0 atom stereocenters. The van der Waals surface area contributed by atoms with E-state index in [1.54, 1.807) is 24.3 Å². The van der Waals surface area contributed by atoms with Crippen LogP contribution in [0.3, 0.4) is 0 Å². The maximum atomic E-state index is 12.2. The first-order valence-electron chi connectivity index (χ1n) is 8.09. The van der Waals surface area contributed by atoms with Crippen LogP contribution in [-0.4, -0.2) is 11.0 Å². The molecule has 0 saturated carbocycles. The highest BCUT2D eigenvalue weighted by Gasteiger charge is 2.12. The second-order valence-corrected chi connectivity index (χ2v) is 6.95. The van der Waals surface area contributed by atoms with E-state index in [1.165, 1.54) is 5.56 Å². The molecule has 0 bridgehead atoms. The molecule has 1 aromatic heterocycles. The van der Waals surface area contributed by atoms with Crippen LogP contribution in [0.5, 0.6) is 0 Å². The minimum Gasteiger partial charge on any atom is -0.451 e. The summed E-state index contributed by atoms with van der Waals surface area (Å²) in [7, 11) is 0. The van der Waals surface area contributed by atoms with E-state index in [0.29, 0.717) is 16.5 Å². The molecule has 0 aliphatic heterocycles.